The molecular formula is C17H20N6O3. The van der Waals surface area contributed by atoms with Gasteiger partial charge in [-0.25, -0.2) is 4.98 Å². The first-order valence-electron chi connectivity index (χ1n) is 8.37. The molecule has 1 amide bonds. The summed E-state index contributed by atoms with van der Waals surface area (Å²) in [6, 6.07) is 9.11. The van der Waals surface area contributed by atoms with Gasteiger partial charge in [-0.3, -0.25) is 15.6 Å². The zero-order chi connectivity index (χ0) is 17.9. The van der Waals surface area contributed by atoms with Crippen LogP contribution in [0.3, 0.4) is 0 Å². The van der Waals surface area contributed by atoms with E-state index in [4.69, 9.17) is 15.2 Å². The van der Waals surface area contributed by atoms with E-state index in [1.807, 2.05) is 24.3 Å². The average Bonchev–Trinajstić information content (AvgIpc) is 3.15. The van der Waals surface area contributed by atoms with Gasteiger partial charge in [-0.2, -0.15) is 0 Å². The summed E-state index contributed by atoms with van der Waals surface area (Å²) >= 11 is 0. The molecule has 1 saturated heterocycles. The molecule has 5 N–H and O–H groups in total. The van der Waals surface area contributed by atoms with Crippen LogP contribution in [0.4, 0.5) is 17.3 Å². The van der Waals surface area contributed by atoms with Gasteiger partial charge in [0.1, 0.15) is 18.1 Å². The third kappa shape index (κ3) is 3.35. The van der Waals surface area contributed by atoms with Crippen molar-refractivity contribution in [2.24, 2.45) is 0 Å². The van der Waals surface area contributed by atoms with E-state index in [0.717, 1.165) is 5.56 Å². The van der Waals surface area contributed by atoms with Crippen LogP contribution in [0.25, 0.3) is 0 Å². The van der Waals surface area contributed by atoms with E-state index in [1.165, 1.54) is 0 Å². The Morgan fingerprint density at radius 3 is 2.96 bits per heavy atom. The molecule has 0 saturated carbocycles. The molecule has 4 rings (SSSR count). The summed E-state index contributed by atoms with van der Waals surface area (Å²) in [7, 11) is 0. The first kappa shape index (κ1) is 16.4. The van der Waals surface area contributed by atoms with Gasteiger partial charge in [0.05, 0.1) is 13.2 Å². The fraction of sp³-hybridized carbons (Fsp3) is 0.294. The highest BCUT2D eigenvalue weighted by Crippen LogP contribution is 2.35. The van der Waals surface area contributed by atoms with Crippen molar-refractivity contribution in [1.82, 2.24) is 15.4 Å². The standard InChI is InChI=1S/C17H20N6O3/c18-14-9-13(15-16(19-14)21-22-20-15)26-10-11-2-1-3-12(8-11)17(24)23-4-6-25-7-5-23/h1-3,8-9,20,22H,4-7,10H2,(H3,18,19,21). The number of morpholine rings is 1. The fourth-order valence-corrected chi connectivity index (χ4v) is 2.92. The monoisotopic (exact) mass is 356 g/mol. The smallest absolute Gasteiger partial charge is 0.254 e. The highest BCUT2D eigenvalue weighted by atomic mass is 16.5. The Labute approximate surface area is 150 Å². The van der Waals surface area contributed by atoms with Gasteiger partial charge >= 0.3 is 0 Å². The number of hydrazine groups is 2. The zero-order valence-electron chi connectivity index (χ0n) is 14.1. The van der Waals surface area contributed by atoms with Gasteiger partial charge in [0, 0.05) is 24.7 Å². The number of pyridine rings is 1. The van der Waals surface area contributed by atoms with Gasteiger partial charge < -0.3 is 20.1 Å². The second-order valence-corrected chi connectivity index (χ2v) is 6.04. The van der Waals surface area contributed by atoms with Crippen molar-refractivity contribution in [3.63, 3.8) is 0 Å². The van der Waals surface area contributed by atoms with Gasteiger partial charge in [-0.05, 0) is 17.7 Å². The van der Waals surface area contributed by atoms with Crippen LogP contribution in [0.2, 0.25) is 0 Å². The number of fused-ring (bicyclic) bond motifs is 1. The third-order valence-corrected chi connectivity index (χ3v) is 4.24. The predicted octanol–water partition coefficient (Wildman–Crippen LogP) is 0.972. The van der Waals surface area contributed by atoms with E-state index in [1.54, 1.807) is 11.0 Å². The number of hydrogen-bond acceptors (Lipinski definition) is 8. The molecule has 26 heavy (non-hydrogen) atoms. The maximum atomic E-state index is 12.6. The first-order valence-corrected chi connectivity index (χ1v) is 8.37. The molecule has 3 heterocycles. The SMILES string of the molecule is Nc1cc(OCc2cccc(C(=O)N3CCOCC3)c2)c2c(n1)NNN2. The number of nitrogens with two attached hydrogens (primary N) is 1. The lowest BCUT2D eigenvalue weighted by atomic mass is 10.1. The molecule has 9 heteroatoms. The number of benzene rings is 1. The van der Waals surface area contributed by atoms with Crippen molar-refractivity contribution < 1.29 is 14.3 Å². The van der Waals surface area contributed by atoms with Crippen molar-refractivity contribution >= 4 is 23.2 Å². The lowest BCUT2D eigenvalue weighted by Crippen LogP contribution is -2.40. The van der Waals surface area contributed by atoms with Gasteiger partial charge in [0.2, 0.25) is 0 Å². The molecule has 0 bridgehead atoms. The van der Waals surface area contributed by atoms with Crippen LogP contribution in [0.15, 0.2) is 30.3 Å². The lowest BCUT2D eigenvalue weighted by molar-refractivity contribution is 0.0303. The van der Waals surface area contributed by atoms with E-state index >= 15 is 0 Å². The fourth-order valence-electron chi connectivity index (χ4n) is 2.92. The Hall–Kier alpha value is -3.04. The molecule has 2 aliphatic heterocycles. The molecule has 0 radical (unpaired) electrons. The minimum atomic E-state index is 0.0132. The van der Waals surface area contributed by atoms with E-state index in [2.05, 4.69) is 21.4 Å². The second kappa shape index (κ2) is 7.06. The molecule has 0 aliphatic carbocycles. The van der Waals surface area contributed by atoms with E-state index in [0.29, 0.717) is 61.5 Å². The van der Waals surface area contributed by atoms with Crippen molar-refractivity contribution in [3.05, 3.63) is 41.5 Å². The summed E-state index contributed by atoms with van der Waals surface area (Å²) in [5, 5.41) is 0. The van der Waals surface area contributed by atoms with Crippen molar-refractivity contribution in [1.29, 1.82) is 0 Å². The number of hydrogen-bond donors (Lipinski definition) is 4. The normalized spacial score (nSPS) is 15.8. The van der Waals surface area contributed by atoms with Crippen molar-refractivity contribution in [2.75, 3.05) is 42.9 Å². The van der Waals surface area contributed by atoms with Crippen molar-refractivity contribution in [3.8, 4) is 5.75 Å². The summed E-state index contributed by atoms with van der Waals surface area (Å²) in [4.78, 5) is 18.6. The van der Waals surface area contributed by atoms with Crippen molar-refractivity contribution in [2.45, 2.75) is 6.61 Å². The topological polar surface area (TPSA) is 114 Å². The summed E-state index contributed by atoms with van der Waals surface area (Å²) in [6.45, 7) is 2.71. The molecule has 1 fully saturated rings. The number of carbonyl (C=O) groups is 1. The largest absolute Gasteiger partial charge is 0.486 e. The molecule has 0 atom stereocenters. The van der Waals surface area contributed by atoms with Gasteiger partial charge in [-0.15, -0.1) is 5.53 Å². The maximum absolute atomic E-state index is 12.6. The first-order chi connectivity index (χ1) is 12.7. The second-order valence-electron chi connectivity index (χ2n) is 6.04. The molecular weight excluding hydrogens is 336 g/mol. The zero-order valence-corrected chi connectivity index (χ0v) is 14.1. The minimum absolute atomic E-state index is 0.0132. The molecule has 1 aromatic heterocycles. The van der Waals surface area contributed by atoms with Gasteiger partial charge in [-0.1, -0.05) is 12.1 Å². The minimum Gasteiger partial charge on any atom is -0.486 e. The molecule has 2 aliphatic rings. The summed E-state index contributed by atoms with van der Waals surface area (Å²) < 4.78 is 11.2. The highest BCUT2D eigenvalue weighted by Gasteiger charge is 2.20. The van der Waals surface area contributed by atoms with Crippen LogP contribution < -0.4 is 26.9 Å². The molecule has 2 aromatic rings. The molecule has 0 unspecified atom stereocenters. The van der Waals surface area contributed by atoms with Crippen LogP contribution in [-0.4, -0.2) is 42.1 Å². The van der Waals surface area contributed by atoms with Crippen LogP contribution in [0, 0.1) is 0 Å². The van der Waals surface area contributed by atoms with Crippen LogP contribution in [0.1, 0.15) is 15.9 Å². The Balaban J connectivity index is 1.47. The van der Waals surface area contributed by atoms with Gasteiger partial charge in [0.25, 0.3) is 5.91 Å². The number of rotatable bonds is 4. The number of nitrogens with one attached hydrogen (secondary N) is 3. The third-order valence-electron chi connectivity index (χ3n) is 4.24. The van der Waals surface area contributed by atoms with Crippen LogP contribution >= 0.6 is 0 Å². The number of nitrogen functional groups attached to an aromatic ring is 1. The summed E-state index contributed by atoms with van der Waals surface area (Å²) in [5.41, 5.74) is 16.6. The number of ether oxygens (including phenoxy) is 2. The number of amides is 1. The molecule has 136 valence electrons. The molecule has 0 spiro atoms. The molecule has 1 aromatic carbocycles. The number of aromatic nitrogens is 1. The van der Waals surface area contributed by atoms with Crippen LogP contribution in [-0.2, 0) is 11.3 Å². The highest BCUT2D eigenvalue weighted by molar-refractivity contribution is 5.94. The predicted molar refractivity (Wildman–Crippen MR) is 96.5 cm³/mol. The number of carbonyl (C=O) groups excluding carboxylic acids is 1. The number of anilines is 3. The Bertz CT molecular complexity index is 822. The summed E-state index contributed by atoms with van der Waals surface area (Å²) in [6.07, 6.45) is 0. The Morgan fingerprint density at radius 1 is 1.27 bits per heavy atom. The van der Waals surface area contributed by atoms with Gasteiger partial charge in [0.15, 0.2) is 11.6 Å². The van der Waals surface area contributed by atoms with E-state index < -0.39 is 0 Å². The molecule has 9 nitrogen and oxygen atoms in total. The number of nitrogens with zero attached hydrogens (tertiary/aromatic N) is 2. The van der Waals surface area contributed by atoms with Crippen LogP contribution in [0.5, 0.6) is 5.75 Å². The lowest BCUT2D eigenvalue weighted by Gasteiger charge is -2.27. The maximum Gasteiger partial charge on any atom is 0.254 e. The Morgan fingerprint density at radius 2 is 2.12 bits per heavy atom. The van der Waals surface area contributed by atoms with E-state index in [9.17, 15) is 4.79 Å². The Kier molecular flexibility index (Phi) is 4.46. The summed E-state index contributed by atoms with van der Waals surface area (Å²) in [5.74, 6) is 1.53. The quantitative estimate of drug-likeness (QED) is 0.641. The van der Waals surface area contributed by atoms with E-state index in [-0.39, 0.29) is 5.91 Å². The average molecular weight is 356 g/mol.